The standard InChI is InChI=1S/C31H25ClN2O5/c1-18-11-12-26(19(2)13-18)34-30(36)24(29(35)33-31(34)37)14-20-15-25(32)28(27(16-20)38-3)39-17-22-9-6-8-21-7-4-5-10-23(21)22/h4-16H,17H2,1-3H3,(H,33,35,37)/b24-14+. The maximum Gasteiger partial charge on any atom is 0.335 e. The van der Waals surface area contributed by atoms with E-state index in [0.717, 1.165) is 32.4 Å². The van der Waals surface area contributed by atoms with Crippen LogP contribution in [0.25, 0.3) is 16.8 Å². The number of anilines is 1. The summed E-state index contributed by atoms with van der Waals surface area (Å²) in [6.07, 6.45) is 1.38. The third-order valence-electron chi connectivity index (χ3n) is 6.51. The predicted octanol–water partition coefficient (Wildman–Crippen LogP) is 6.36. The minimum atomic E-state index is -0.804. The summed E-state index contributed by atoms with van der Waals surface area (Å²) in [5.41, 5.74) is 3.31. The van der Waals surface area contributed by atoms with Crippen LogP contribution in [0.3, 0.4) is 0 Å². The molecule has 1 heterocycles. The lowest BCUT2D eigenvalue weighted by molar-refractivity contribution is -0.122. The van der Waals surface area contributed by atoms with Gasteiger partial charge in [0, 0.05) is 0 Å². The van der Waals surface area contributed by atoms with Crippen molar-refractivity contribution in [1.29, 1.82) is 0 Å². The molecule has 4 aromatic carbocycles. The minimum absolute atomic E-state index is 0.211. The average molecular weight is 541 g/mol. The number of fused-ring (bicyclic) bond motifs is 1. The summed E-state index contributed by atoms with van der Waals surface area (Å²) < 4.78 is 11.6. The molecule has 0 unspecified atom stereocenters. The molecule has 5 rings (SSSR count). The second-order valence-corrected chi connectivity index (χ2v) is 9.62. The van der Waals surface area contributed by atoms with Crippen molar-refractivity contribution in [3.8, 4) is 11.5 Å². The van der Waals surface area contributed by atoms with E-state index < -0.39 is 17.8 Å². The molecule has 39 heavy (non-hydrogen) atoms. The van der Waals surface area contributed by atoms with Crippen LogP contribution in [0.4, 0.5) is 10.5 Å². The quantitative estimate of drug-likeness (QED) is 0.227. The molecule has 8 heteroatoms. The van der Waals surface area contributed by atoms with Crippen LogP contribution in [0.5, 0.6) is 11.5 Å². The molecule has 1 fully saturated rings. The molecule has 4 aromatic rings. The molecule has 1 aliphatic heterocycles. The first kappa shape index (κ1) is 26.0. The number of hydrogen-bond donors (Lipinski definition) is 1. The van der Waals surface area contributed by atoms with Crippen molar-refractivity contribution in [3.63, 3.8) is 0 Å². The van der Waals surface area contributed by atoms with Crippen LogP contribution in [-0.4, -0.2) is 25.0 Å². The molecule has 0 aliphatic carbocycles. The Balaban J connectivity index is 1.45. The number of imide groups is 2. The van der Waals surface area contributed by atoms with Gasteiger partial charge in [0.05, 0.1) is 17.8 Å². The van der Waals surface area contributed by atoms with E-state index in [1.807, 2.05) is 55.5 Å². The highest BCUT2D eigenvalue weighted by molar-refractivity contribution is 6.39. The van der Waals surface area contributed by atoms with Gasteiger partial charge in [-0.2, -0.15) is 0 Å². The van der Waals surface area contributed by atoms with E-state index in [0.29, 0.717) is 22.7 Å². The molecule has 0 bridgehead atoms. The first-order valence-corrected chi connectivity index (χ1v) is 12.6. The van der Waals surface area contributed by atoms with E-state index >= 15 is 0 Å². The molecule has 1 N–H and O–H groups in total. The highest BCUT2D eigenvalue weighted by atomic mass is 35.5. The SMILES string of the molecule is COc1cc(/C=C2\C(=O)NC(=O)N(c3ccc(C)cc3C)C2=O)cc(Cl)c1OCc1cccc2ccccc12. The number of nitrogens with one attached hydrogen (secondary N) is 1. The fourth-order valence-electron chi connectivity index (χ4n) is 4.63. The zero-order valence-corrected chi connectivity index (χ0v) is 22.3. The highest BCUT2D eigenvalue weighted by Gasteiger charge is 2.37. The Hall–Kier alpha value is -4.62. The Morgan fingerprint density at radius 2 is 1.72 bits per heavy atom. The van der Waals surface area contributed by atoms with Crippen LogP contribution in [0.1, 0.15) is 22.3 Å². The molecule has 0 spiro atoms. The topological polar surface area (TPSA) is 84.9 Å². The number of carbonyl (C=O) groups excluding carboxylic acids is 3. The summed E-state index contributed by atoms with van der Waals surface area (Å²) in [4.78, 5) is 39.6. The highest BCUT2D eigenvalue weighted by Crippen LogP contribution is 2.38. The molecule has 1 saturated heterocycles. The van der Waals surface area contributed by atoms with Gasteiger partial charge in [-0.3, -0.25) is 14.9 Å². The van der Waals surface area contributed by atoms with E-state index in [9.17, 15) is 14.4 Å². The van der Waals surface area contributed by atoms with E-state index in [4.69, 9.17) is 21.1 Å². The number of methoxy groups -OCH3 is 1. The third-order valence-corrected chi connectivity index (χ3v) is 6.79. The maximum atomic E-state index is 13.3. The summed E-state index contributed by atoms with van der Waals surface area (Å²) in [6, 6.07) is 21.7. The monoisotopic (exact) mass is 540 g/mol. The molecule has 4 amide bonds. The number of hydrogen-bond acceptors (Lipinski definition) is 5. The van der Waals surface area contributed by atoms with Crippen molar-refractivity contribution in [2.24, 2.45) is 0 Å². The first-order chi connectivity index (χ1) is 18.8. The van der Waals surface area contributed by atoms with Gasteiger partial charge < -0.3 is 9.47 Å². The zero-order chi connectivity index (χ0) is 27.7. The van der Waals surface area contributed by atoms with Crippen molar-refractivity contribution in [2.75, 3.05) is 12.0 Å². The molecule has 0 radical (unpaired) electrons. The maximum absolute atomic E-state index is 13.3. The molecule has 1 aliphatic rings. The second-order valence-electron chi connectivity index (χ2n) is 9.21. The number of nitrogens with zero attached hydrogens (tertiary/aromatic N) is 1. The molecule has 0 aromatic heterocycles. The molecular weight excluding hydrogens is 516 g/mol. The van der Waals surface area contributed by atoms with Crippen molar-refractivity contribution >= 4 is 52.0 Å². The smallest absolute Gasteiger partial charge is 0.335 e. The van der Waals surface area contributed by atoms with Crippen LogP contribution in [-0.2, 0) is 16.2 Å². The molecule has 0 atom stereocenters. The molecule has 196 valence electrons. The number of halogens is 1. The Morgan fingerprint density at radius 1 is 0.949 bits per heavy atom. The third kappa shape index (κ3) is 5.09. The number of aryl methyl sites for hydroxylation is 2. The Labute approximate surface area is 230 Å². The Kier molecular flexibility index (Phi) is 7.09. The lowest BCUT2D eigenvalue weighted by Crippen LogP contribution is -2.54. The number of barbiturate groups is 1. The van der Waals surface area contributed by atoms with Gasteiger partial charge >= 0.3 is 6.03 Å². The van der Waals surface area contributed by atoms with Crippen LogP contribution >= 0.6 is 11.6 Å². The number of urea groups is 1. The number of rotatable bonds is 6. The van der Waals surface area contributed by atoms with E-state index in [1.54, 1.807) is 31.2 Å². The predicted molar refractivity (Wildman–Crippen MR) is 151 cm³/mol. The van der Waals surface area contributed by atoms with E-state index in [1.165, 1.54) is 13.2 Å². The van der Waals surface area contributed by atoms with Gasteiger partial charge in [0.1, 0.15) is 12.2 Å². The first-order valence-electron chi connectivity index (χ1n) is 12.2. The number of benzene rings is 4. The van der Waals surface area contributed by atoms with Gasteiger partial charge in [-0.25, -0.2) is 9.69 Å². The van der Waals surface area contributed by atoms with Crippen molar-refractivity contribution in [2.45, 2.75) is 20.5 Å². The number of carbonyl (C=O) groups is 3. The second kappa shape index (κ2) is 10.6. The Morgan fingerprint density at radius 3 is 2.49 bits per heavy atom. The van der Waals surface area contributed by atoms with Gasteiger partial charge in [0.2, 0.25) is 0 Å². The van der Waals surface area contributed by atoms with Gasteiger partial charge in [0.15, 0.2) is 11.5 Å². The van der Waals surface area contributed by atoms with Gasteiger partial charge in [-0.15, -0.1) is 0 Å². The lowest BCUT2D eigenvalue weighted by Gasteiger charge is -2.27. The molecule has 7 nitrogen and oxygen atoms in total. The van der Waals surface area contributed by atoms with Crippen LogP contribution in [0.15, 0.2) is 78.4 Å². The van der Waals surface area contributed by atoms with Crippen LogP contribution in [0, 0.1) is 13.8 Å². The number of ether oxygens (including phenoxy) is 2. The molecule has 0 saturated carbocycles. The lowest BCUT2D eigenvalue weighted by atomic mass is 10.0. The van der Waals surface area contributed by atoms with Gasteiger partial charge in [0.25, 0.3) is 11.8 Å². The minimum Gasteiger partial charge on any atom is -0.493 e. The van der Waals surface area contributed by atoms with Gasteiger partial charge in [-0.05, 0) is 65.6 Å². The van der Waals surface area contributed by atoms with E-state index in [2.05, 4.69) is 5.32 Å². The fourth-order valence-corrected chi connectivity index (χ4v) is 4.90. The number of amides is 4. The Bertz CT molecular complexity index is 1670. The van der Waals surface area contributed by atoms with Crippen molar-refractivity contribution in [1.82, 2.24) is 5.32 Å². The normalized spacial score (nSPS) is 14.6. The summed E-state index contributed by atoms with van der Waals surface area (Å²) >= 11 is 6.59. The van der Waals surface area contributed by atoms with Crippen molar-refractivity contribution in [3.05, 3.63) is 106 Å². The summed E-state index contributed by atoms with van der Waals surface area (Å²) in [5, 5.41) is 4.66. The average Bonchev–Trinajstić information content (AvgIpc) is 2.91. The van der Waals surface area contributed by atoms with Crippen molar-refractivity contribution < 1.29 is 23.9 Å². The summed E-state index contributed by atoms with van der Waals surface area (Å²) in [5.74, 6) is -0.860. The molecular formula is C31H25ClN2O5. The van der Waals surface area contributed by atoms with Crippen LogP contribution < -0.4 is 19.7 Å². The van der Waals surface area contributed by atoms with E-state index in [-0.39, 0.29) is 17.2 Å². The summed E-state index contributed by atoms with van der Waals surface area (Å²) in [6.45, 7) is 3.96. The largest absolute Gasteiger partial charge is 0.493 e. The van der Waals surface area contributed by atoms with Gasteiger partial charge in [-0.1, -0.05) is 71.8 Å². The van der Waals surface area contributed by atoms with Crippen LogP contribution in [0.2, 0.25) is 5.02 Å². The summed E-state index contributed by atoms with van der Waals surface area (Å²) in [7, 11) is 1.48. The fraction of sp³-hybridized carbons (Fsp3) is 0.129. The zero-order valence-electron chi connectivity index (χ0n) is 21.6.